The number of piperazine rings is 1. The first-order valence-corrected chi connectivity index (χ1v) is 13.1. The number of rotatable bonds is 4. The van der Waals surface area contributed by atoms with Gasteiger partial charge in [0.2, 0.25) is 0 Å². The van der Waals surface area contributed by atoms with Gasteiger partial charge >= 0.3 is 0 Å². The van der Waals surface area contributed by atoms with Crippen LogP contribution in [0.15, 0.2) is 54.7 Å². The van der Waals surface area contributed by atoms with Crippen LogP contribution in [0.1, 0.15) is 16.0 Å². The molecule has 0 atom stereocenters. The van der Waals surface area contributed by atoms with Crippen LogP contribution in [0.5, 0.6) is 0 Å². The molecule has 4 heterocycles. The largest absolute Gasteiger partial charge is 0.304 e. The van der Waals surface area contributed by atoms with Crippen LogP contribution in [0.25, 0.3) is 43.9 Å². The standard InChI is InChI=1S/C28H28N6S/c1-32-9-11-34(12-10-32)17-18-3-5-19(6-4-18)25-14-22-26(35-25)15-23-27(30-31-28(22)23)20-7-8-21-16-29-33(2)24(21)13-20/h3-8,13-14,16H,9-12,15,17H2,1-2H3,(H,30,31). The molecule has 1 fully saturated rings. The van der Waals surface area contributed by atoms with E-state index in [1.807, 2.05) is 29.3 Å². The Bertz CT molecular complexity index is 1530. The van der Waals surface area contributed by atoms with Crippen molar-refractivity contribution in [3.8, 4) is 33.0 Å². The zero-order valence-electron chi connectivity index (χ0n) is 20.1. The van der Waals surface area contributed by atoms with Gasteiger partial charge in [-0.05, 0) is 30.3 Å². The smallest absolute Gasteiger partial charge is 0.0963 e. The third-order valence-electron chi connectivity index (χ3n) is 7.55. The number of aromatic amines is 1. The lowest BCUT2D eigenvalue weighted by molar-refractivity contribution is 0.148. The van der Waals surface area contributed by atoms with Gasteiger partial charge in [0.05, 0.1) is 23.1 Å². The lowest BCUT2D eigenvalue weighted by Gasteiger charge is -2.32. The quantitative estimate of drug-likeness (QED) is 0.385. The van der Waals surface area contributed by atoms with E-state index in [0.29, 0.717) is 0 Å². The molecular weight excluding hydrogens is 452 g/mol. The van der Waals surface area contributed by atoms with E-state index < -0.39 is 0 Å². The molecular formula is C28H28N6S. The van der Waals surface area contributed by atoms with Crippen molar-refractivity contribution in [2.45, 2.75) is 13.0 Å². The van der Waals surface area contributed by atoms with Gasteiger partial charge in [0.1, 0.15) is 0 Å². The molecule has 3 aromatic heterocycles. The fraction of sp³-hybridized carbons (Fsp3) is 0.286. The molecule has 1 aliphatic heterocycles. The fourth-order valence-electron chi connectivity index (χ4n) is 5.40. The summed E-state index contributed by atoms with van der Waals surface area (Å²) in [5.41, 5.74) is 9.82. The second-order valence-corrected chi connectivity index (χ2v) is 11.0. The summed E-state index contributed by atoms with van der Waals surface area (Å²) in [6, 6.07) is 18.0. The number of nitrogens with zero attached hydrogens (tertiary/aromatic N) is 5. The summed E-state index contributed by atoms with van der Waals surface area (Å²) in [6.45, 7) is 5.67. The lowest BCUT2D eigenvalue weighted by atomic mass is 10.0. The molecule has 35 heavy (non-hydrogen) atoms. The number of thiophene rings is 1. The summed E-state index contributed by atoms with van der Waals surface area (Å²) < 4.78 is 1.92. The van der Waals surface area contributed by atoms with E-state index in [9.17, 15) is 0 Å². The van der Waals surface area contributed by atoms with Gasteiger partial charge in [-0.3, -0.25) is 14.7 Å². The normalized spacial score (nSPS) is 16.2. The first-order valence-electron chi connectivity index (χ1n) is 12.2. The van der Waals surface area contributed by atoms with Crippen molar-refractivity contribution in [3.05, 3.63) is 70.7 Å². The molecule has 0 radical (unpaired) electrons. The van der Waals surface area contributed by atoms with Crippen molar-refractivity contribution in [3.63, 3.8) is 0 Å². The van der Waals surface area contributed by atoms with E-state index >= 15 is 0 Å². The van der Waals surface area contributed by atoms with E-state index in [4.69, 9.17) is 5.10 Å². The Kier molecular flexibility index (Phi) is 4.91. The molecule has 176 valence electrons. The molecule has 0 amide bonds. The van der Waals surface area contributed by atoms with Crippen molar-refractivity contribution in [2.75, 3.05) is 33.2 Å². The topological polar surface area (TPSA) is 53.0 Å². The fourth-order valence-corrected chi connectivity index (χ4v) is 6.59. The Morgan fingerprint density at radius 2 is 1.74 bits per heavy atom. The Labute approximate surface area is 208 Å². The van der Waals surface area contributed by atoms with Crippen molar-refractivity contribution in [1.82, 2.24) is 29.8 Å². The number of hydrogen-bond donors (Lipinski definition) is 1. The van der Waals surface area contributed by atoms with Gasteiger partial charge in [-0.25, -0.2) is 0 Å². The van der Waals surface area contributed by atoms with Crippen LogP contribution in [0, 0.1) is 0 Å². The monoisotopic (exact) mass is 480 g/mol. The van der Waals surface area contributed by atoms with E-state index in [1.54, 1.807) is 0 Å². The van der Waals surface area contributed by atoms with Crippen LogP contribution in [-0.4, -0.2) is 63.0 Å². The molecule has 1 N–H and O–H groups in total. The highest BCUT2D eigenvalue weighted by atomic mass is 32.1. The molecule has 5 aromatic rings. The highest BCUT2D eigenvalue weighted by Crippen LogP contribution is 2.46. The highest BCUT2D eigenvalue weighted by molar-refractivity contribution is 7.16. The summed E-state index contributed by atoms with van der Waals surface area (Å²) in [6.07, 6.45) is 2.85. The third kappa shape index (κ3) is 3.62. The maximum absolute atomic E-state index is 4.72. The van der Waals surface area contributed by atoms with Crippen LogP contribution in [0.2, 0.25) is 0 Å². The average molecular weight is 481 g/mol. The molecule has 0 saturated carbocycles. The lowest BCUT2D eigenvalue weighted by Crippen LogP contribution is -2.43. The summed E-state index contributed by atoms with van der Waals surface area (Å²) in [5, 5.41) is 13.6. The Hall–Kier alpha value is -3.26. The second-order valence-electron chi connectivity index (χ2n) is 9.87. The molecule has 0 bridgehead atoms. The molecule has 1 aliphatic carbocycles. The molecule has 7 rings (SSSR count). The number of hydrogen-bond acceptors (Lipinski definition) is 5. The Morgan fingerprint density at radius 1 is 0.943 bits per heavy atom. The van der Waals surface area contributed by atoms with Crippen molar-refractivity contribution in [1.29, 1.82) is 0 Å². The minimum atomic E-state index is 0.937. The molecule has 2 aliphatic rings. The zero-order chi connectivity index (χ0) is 23.5. The molecule has 0 spiro atoms. The van der Waals surface area contributed by atoms with E-state index in [-0.39, 0.29) is 0 Å². The average Bonchev–Trinajstić information content (AvgIpc) is 3.63. The Morgan fingerprint density at radius 3 is 2.57 bits per heavy atom. The number of H-pyrrole nitrogens is 1. The number of benzene rings is 2. The summed E-state index contributed by atoms with van der Waals surface area (Å²) in [7, 11) is 4.19. The van der Waals surface area contributed by atoms with Crippen molar-refractivity contribution >= 4 is 22.2 Å². The minimum absolute atomic E-state index is 0.937. The van der Waals surface area contributed by atoms with Crippen molar-refractivity contribution in [2.24, 2.45) is 7.05 Å². The number of aryl methyl sites for hydroxylation is 1. The van der Waals surface area contributed by atoms with Gasteiger partial charge in [-0.15, -0.1) is 11.3 Å². The van der Waals surface area contributed by atoms with E-state index in [1.165, 1.54) is 37.7 Å². The summed E-state index contributed by atoms with van der Waals surface area (Å²) in [4.78, 5) is 7.72. The molecule has 1 saturated heterocycles. The minimum Gasteiger partial charge on any atom is -0.304 e. The van der Waals surface area contributed by atoms with Gasteiger partial charge in [-0.2, -0.15) is 10.2 Å². The van der Waals surface area contributed by atoms with Crippen LogP contribution in [0.3, 0.4) is 0 Å². The van der Waals surface area contributed by atoms with Crippen LogP contribution >= 0.6 is 11.3 Å². The van der Waals surface area contributed by atoms with Gasteiger partial charge in [0.25, 0.3) is 0 Å². The van der Waals surface area contributed by atoms with Crippen LogP contribution < -0.4 is 0 Å². The predicted molar refractivity (Wildman–Crippen MR) is 143 cm³/mol. The first kappa shape index (κ1) is 21.1. The van der Waals surface area contributed by atoms with E-state index in [2.05, 4.69) is 75.6 Å². The molecule has 6 nitrogen and oxygen atoms in total. The van der Waals surface area contributed by atoms with Crippen LogP contribution in [-0.2, 0) is 20.0 Å². The van der Waals surface area contributed by atoms with Gasteiger partial charge in [-0.1, -0.05) is 36.4 Å². The summed E-state index contributed by atoms with van der Waals surface area (Å²) in [5.74, 6) is 0. The van der Waals surface area contributed by atoms with Gasteiger partial charge in [0.15, 0.2) is 0 Å². The van der Waals surface area contributed by atoms with Crippen LogP contribution in [0.4, 0.5) is 0 Å². The number of nitrogens with one attached hydrogen (secondary N) is 1. The Balaban J connectivity index is 1.13. The zero-order valence-corrected chi connectivity index (χ0v) is 20.9. The molecule has 0 unspecified atom stereocenters. The van der Waals surface area contributed by atoms with Gasteiger partial charge in [0, 0.05) is 78.0 Å². The maximum Gasteiger partial charge on any atom is 0.0963 e. The first-order chi connectivity index (χ1) is 17.1. The third-order valence-corrected chi connectivity index (χ3v) is 8.73. The second kappa shape index (κ2) is 8.16. The highest BCUT2D eigenvalue weighted by Gasteiger charge is 2.28. The maximum atomic E-state index is 4.72. The van der Waals surface area contributed by atoms with E-state index in [0.717, 1.165) is 61.3 Å². The van der Waals surface area contributed by atoms with Crippen molar-refractivity contribution < 1.29 is 0 Å². The number of aromatic nitrogens is 4. The SMILES string of the molecule is CN1CCN(Cc2ccc(-c3cc4c(s3)Cc3c(-c5ccc6cnn(C)c6c5)n[nH]c3-4)cc2)CC1. The predicted octanol–water partition coefficient (Wildman–Crippen LogP) is 5.01. The molecule has 2 aromatic carbocycles. The summed E-state index contributed by atoms with van der Waals surface area (Å²) >= 11 is 1.91. The number of likely N-dealkylation sites (N-methyl/N-ethyl adjacent to an activating group) is 1. The number of fused-ring (bicyclic) bond motifs is 4. The van der Waals surface area contributed by atoms with Gasteiger partial charge < -0.3 is 4.90 Å². The molecule has 7 heteroatoms.